The second-order valence-electron chi connectivity index (χ2n) is 8.76. The van der Waals surface area contributed by atoms with Crippen LogP contribution in [0, 0.1) is 6.92 Å². The number of aromatic nitrogens is 2. The van der Waals surface area contributed by atoms with E-state index >= 15 is 0 Å². The zero-order valence-electron chi connectivity index (χ0n) is 20.8. The molecule has 0 saturated carbocycles. The van der Waals surface area contributed by atoms with Gasteiger partial charge in [0.2, 0.25) is 11.8 Å². The summed E-state index contributed by atoms with van der Waals surface area (Å²) in [4.78, 5) is 42.8. The summed E-state index contributed by atoms with van der Waals surface area (Å²) in [6.45, 7) is 2.89. The maximum Gasteiger partial charge on any atom is 0.262 e. The van der Waals surface area contributed by atoms with Gasteiger partial charge in [0.1, 0.15) is 0 Å². The summed E-state index contributed by atoms with van der Waals surface area (Å²) in [5, 5.41) is 6.80. The predicted octanol–water partition coefficient (Wildman–Crippen LogP) is 4.57. The molecule has 0 aliphatic heterocycles. The van der Waals surface area contributed by atoms with Gasteiger partial charge in [-0.1, -0.05) is 71.9 Å². The van der Waals surface area contributed by atoms with Gasteiger partial charge < -0.3 is 10.6 Å². The van der Waals surface area contributed by atoms with Crippen LogP contribution in [0.5, 0.6) is 0 Å². The second kappa shape index (κ2) is 12.9. The van der Waals surface area contributed by atoms with Crippen LogP contribution in [-0.2, 0) is 22.6 Å². The highest BCUT2D eigenvalue weighted by Gasteiger charge is 2.14. The fourth-order valence-electron chi connectivity index (χ4n) is 3.90. The van der Waals surface area contributed by atoms with Crippen molar-refractivity contribution in [1.82, 2.24) is 14.9 Å². The summed E-state index contributed by atoms with van der Waals surface area (Å²) in [6.07, 6.45) is 1.55. The van der Waals surface area contributed by atoms with E-state index in [-0.39, 0.29) is 23.1 Å². The number of fused-ring (bicyclic) bond motifs is 1. The van der Waals surface area contributed by atoms with Gasteiger partial charge in [-0.3, -0.25) is 19.0 Å². The molecule has 7 nitrogen and oxygen atoms in total. The molecule has 2 amide bonds. The fourth-order valence-corrected chi connectivity index (χ4v) is 4.72. The van der Waals surface area contributed by atoms with Crippen molar-refractivity contribution in [2.24, 2.45) is 0 Å². The highest BCUT2D eigenvalue weighted by molar-refractivity contribution is 7.99. The number of para-hydroxylation sites is 1. The molecule has 4 aromatic rings. The summed E-state index contributed by atoms with van der Waals surface area (Å²) in [5.41, 5.74) is 3.42. The van der Waals surface area contributed by atoms with Gasteiger partial charge in [0.05, 0.1) is 16.7 Å². The highest BCUT2D eigenvalue weighted by Crippen LogP contribution is 2.19. The lowest BCUT2D eigenvalue weighted by Crippen LogP contribution is -2.27. The van der Waals surface area contributed by atoms with E-state index in [1.807, 2.05) is 67.6 Å². The lowest BCUT2D eigenvalue weighted by molar-refractivity contribution is -0.121. The number of anilines is 1. The number of thioether (sulfide) groups is 1. The van der Waals surface area contributed by atoms with Gasteiger partial charge in [-0.15, -0.1) is 0 Å². The zero-order chi connectivity index (χ0) is 26.0. The third-order valence-electron chi connectivity index (χ3n) is 5.86. The van der Waals surface area contributed by atoms with Crippen LogP contribution in [0.25, 0.3) is 10.9 Å². The lowest BCUT2D eigenvalue weighted by Gasteiger charge is -2.13. The molecule has 0 unspecified atom stereocenters. The van der Waals surface area contributed by atoms with Crippen LogP contribution in [0.15, 0.2) is 88.8 Å². The Balaban J connectivity index is 1.37. The van der Waals surface area contributed by atoms with E-state index in [1.165, 1.54) is 17.3 Å². The van der Waals surface area contributed by atoms with Crippen molar-refractivity contribution >= 4 is 40.2 Å². The number of hydrogen-bond acceptors (Lipinski definition) is 5. The van der Waals surface area contributed by atoms with E-state index in [2.05, 4.69) is 15.6 Å². The molecule has 0 atom stereocenters. The summed E-state index contributed by atoms with van der Waals surface area (Å²) >= 11 is 1.22. The molecule has 0 aliphatic rings. The molecule has 8 heteroatoms. The number of benzene rings is 3. The van der Waals surface area contributed by atoms with Crippen LogP contribution in [0.4, 0.5) is 5.69 Å². The number of nitrogens with zero attached hydrogens (tertiary/aromatic N) is 2. The number of rotatable bonds is 11. The molecule has 4 rings (SSSR count). The van der Waals surface area contributed by atoms with E-state index in [1.54, 1.807) is 22.8 Å². The lowest BCUT2D eigenvalue weighted by atomic mass is 10.1. The summed E-state index contributed by atoms with van der Waals surface area (Å²) in [5.74, 6) is -0.122. The minimum absolute atomic E-state index is 0.0515. The van der Waals surface area contributed by atoms with Crippen molar-refractivity contribution < 1.29 is 9.59 Å². The third kappa shape index (κ3) is 7.54. The van der Waals surface area contributed by atoms with E-state index in [0.717, 1.165) is 17.7 Å². The molecule has 0 radical (unpaired) electrons. The number of nitrogens with one attached hydrogen (secondary N) is 2. The van der Waals surface area contributed by atoms with Gasteiger partial charge in [-0.05, 0) is 49.6 Å². The standard InChI is InChI=1S/C29H30N4O3S/c1-21-13-15-23(16-14-21)31-27(35)20-37-29-32-25-11-6-5-10-24(25)28(36)33(29)19-7-12-26(34)30-18-17-22-8-3-2-4-9-22/h2-6,8-11,13-16H,7,12,17-20H2,1H3,(H,30,34)(H,31,35). The summed E-state index contributed by atoms with van der Waals surface area (Å²) < 4.78 is 1.57. The maximum atomic E-state index is 13.2. The minimum Gasteiger partial charge on any atom is -0.356 e. The van der Waals surface area contributed by atoms with E-state index < -0.39 is 0 Å². The van der Waals surface area contributed by atoms with Crippen molar-refractivity contribution in [3.8, 4) is 0 Å². The van der Waals surface area contributed by atoms with Crippen LogP contribution in [-0.4, -0.2) is 33.7 Å². The molecule has 190 valence electrons. The molecule has 1 aromatic heterocycles. The summed E-state index contributed by atoms with van der Waals surface area (Å²) in [6, 6.07) is 24.7. The Kier molecular flexibility index (Phi) is 9.10. The Hall–Kier alpha value is -3.91. The first-order valence-electron chi connectivity index (χ1n) is 12.3. The SMILES string of the molecule is Cc1ccc(NC(=O)CSc2nc3ccccc3c(=O)n2CCCC(=O)NCCc2ccccc2)cc1. The first-order chi connectivity index (χ1) is 18.0. The maximum absolute atomic E-state index is 13.2. The third-order valence-corrected chi connectivity index (χ3v) is 6.83. The first kappa shape index (κ1) is 26.2. The van der Waals surface area contributed by atoms with Gasteiger partial charge in [0.15, 0.2) is 5.16 Å². The van der Waals surface area contributed by atoms with Crippen LogP contribution in [0.2, 0.25) is 0 Å². The Morgan fingerprint density at radius 3 is 2.43 bits per heavy atom. The monoisotopic (exact) mass is 514 g/mol. The second-order valence-corrected chi connectivity index (χ2v) is 9.70. The van der Waals surface area contributed by atoms with Crippen LogP contribution >= 0.6 is 11.8 Å². The first-order valence-corrected chi connectivity index (χ1v) is 13.3. The van der Waals surface area contributed by atoms with Gasteiger partial charge >= 0.3 is 0 Å². The van der Waals surface area contributed by atoms with Crippen LogP contribution < -0.4 is 16.2 Å². The number of aryl methyl sites for hydroxylation is 1. The number of hydrogen-bond donors (Lipinski definition) is 2. The van der Waals surface area contributed by atoms with E-state index in [9.17, 15) is 14.4 Å². The van der Waals surface area contributed by atoms with Crippen molar-refractivity contribution in [2.45, 2.75) is 37.9 Å². The van der Waals surface area contributed by atoms with E-state index in [0.29, 0.717) is 42.0 Å². The predicted molar refractivity (Wildman–Crippen MR) is 149 cm³/mol. The van der Waals surface area contributed by atoms with Crippen molar-refractivity contribution in [3.63, 3.8) is 0 Å². The molecule has 0 fully saturated rings. The van der Waals surface area contributed by atoms with Gasteiger partial charge in [-0.25, -0.2) is 4.98 Å². The minimum atomic E-state index is -0.180. The Morgan fingerprint density at radius 2 is 1.65 bits per heavy atom. The molecule has 1 heterocycles. The number of carbonyl (C=O) groups excluding carboxylic acids is 2. The van der Waals surface area contributed by atoms with E-state index in [4.69, 9.17) is 0 Å². The van der Waals surface area contributed by atoms with Crippen LogP contribution in [0.3, 0.4) is 0 Å². The quantitative estimate of drug-likeness (QED) is 0.226. The molecule has 37 heavy (non-hydrogen) atoms. The largest absolute Gasteiger partial charge is 0.356 e. The van der Waals surface area contributed by atoms with Crippen molar-refractivity contribution in [2.75, 3.05) is 17.6 Å². The average molecular weight is 515 g/mol. The van der Waals surface area contributed by atoms with Crippen molar-refractivity contribution in [3.05, 3.63) is 100 Å². The average Bonchev–Trinajstić information content (AvgIpc) is 2.91. The van der Waals surface area contributed by atoms with Gasteiger partial charge in [-0.2, -0.15) is 0 Å². The molecule has 0 saturated heterocycles. The molecule has 2 N–H and O–H groups in total. The van der Waals surface area contributed by atoms with Gasteiger partial charge in [0.25, 0.3) is 5.56 Å². The molecule has 3 aromatic carbocycles. The number of amides is 2. The Morgan fingerprint density at radius 1 is 0.919 bits per heavy atom. The molecular formula is C29H30N4O3S. The van der Waals surface area contributed by atoms with Crippen molar-refractivity contribution in [1.29, 1.82) is 0 Å². The Bertz CT molecular complexity index is 1420. The number of carbonyl (C=O) groups is 2. The fraction of sp³-hybridized carbons (Fsp3) is 0.241. The molecule has 0 bridgehead atoms. The Labute approximate surface area is 220 Å². The molecular weight excluding hydrogens is 484 g/mol. The normalized spacial score (nSPS) is 10.8. The molecule has 0 aliphatic carbocycles. The van der Waals surface area contributed by atoms with Gasteiger partial charge in [0, 0.05) is 25.2 Å². The molecule has 0 spiro atoms. The van der Waals surface area contributed by atoms with Crippen LogP contribution in [0.1, 0.15) is 24.0 Å². The zero-order valence-corrected chi connectivity index (χ0v) is 21.6. The highest BCUT2D eigenvalue weighted by atomic mass is 32.2. The smallest absolute Gasteiger partial charge is 0.262 e. The topological polar surface area (TPSA) is 93.1 Å². The summed E-state index contributed by atoms with van der Waals surface area (Å²) in [7, 11) is 0.